The number of halogens is 1. The van der Waals surface area contributed by atoms with Gasteiger partial charge < -0.3 is 91.8 Å². The van der Waals surface area contributed by atoms with E-state index in [1.165, 1.54) is 42.7 Å². The van der Waals surface area contributed by atoms with Crippen LogP contribution in [0.25, 0.3) is 10.9 Å². The molecule has 12 rings (SSSR count). The number of hydrogen-bond donors (Lipinski definition) is 10. The number of carbonyl (C=O) groups excluding carboxylic acids is 12. The van der Waals surface area contributed by atoms with Crippen LogP contribution >= 0.6 is 0 Å². The molecule has 0 radical (unpaired) electrons. The third kappa shape index (κ3) is 23.0. The number of aryl methyl sites for hydroxylation is 1. The Balaban J connectivity index is 1.05. The van der Waals surface area contributed by atoms with Gasteiger partial charge in [-0.3, -0.25) is 57.4 Å². The van der Waals surface area contributed by atoms with Crippen LogP contribution in [0.1, 0.15) is 138 Å². The Hall–Kier alpha value is -11.4. The molecule has 0 spiro atoms. The normalized spacial score (nSPS) is 24.3. The van der Waals surface area contributed by atoms with Gasteiger partial charge in [-0.1, -0.05) is 78.7 Å². The van der Waals surface area contributed by atoms with E-state index in [2.05, 4.69) is 58.2 Å². The predicted octanol–water partition coefficient (Wildman–Crippen LogP) is 2.48. The number of benzene rings is 4. The van der Waals surface area contributed by atoms with Crippen LogP contribution in [0.2, 0.25) is 0 Å². The molecule has 6 aliphatic rings. The van der Waals surface area contributed by atoms with Crippen molar-refractivity contribution in [1.29, 1.82) is 0 Å². The number of nitrogens with two attached hydrogens (primary N) is 1. The van der Waals surface area contributed by atoms with Crippen molar-refractivity contribution >= 4 is 82.0 Å². The number of carbonyl (C=O) groups is 12. The lowest BCUT2D eigenvalue weighted by atomic mass is 9.95. The standard InChI is InChI=1S/C83H108FN17O16/c1-50-73(105)93-65(44-88-81(113)117-82(3,4)5)75(107)90-62-40-55-14-12-15-56(38-55)43-87-69(103)49-116-67-29-36-100-72(67)77(109)94-71(51(2)115-48-59-47-99(37-31-85)96-95-59)76(108)92-63(39-53-20-23-60(114-7)24-21-53)79(111)101-35-13-30-83(101,6)80(112)86-32-28-52-16-18-54(19-17-52)45-98(70(104)27-26-68(102)89-50)34-11-9-8-10-33-97-46-57(41-64(78(100)110)91-74(62)106)61-42-58(84)22-25-66(61)97/h12,14-25,38,42,46-47,50-51,62-65,67,71-72H,8-11,13,26-37,39-41,43-45,48-49,85H2,1-7H3,(H,86,112)(H,87,103)(H,88,113)(H,89,102)(H,90,107)(H,91,106)(H,92,108)(H,93,105)(H,94,109)/t50-,51+,62-,63-,64-,65+,67-,71?,72-,83-/m0/s1. The Kier molecular flexibility index (Phi) is 29.2. The van der Waals surface area contributed by atoms with Gasteiger partial charge in [0, 0.05) is 102 Å². The van der Waals surface area contributed by atoms with Gasteiger partial charge >= 0.3 is 6.09 Å². The highest BCUT2D eigenvalue weighted by Gasteiger charge is 2.50. The Morgan fingerprint density at radius 1 is 0.718 bits per heavy atom. The average molecular weight is 1620 g/mol. The molecule has 11 N–H and O–H groups in total. The van der Waals surface area contributed by atoms with Crippen LogP contribution in [0.4, 0.5) is 9.18 Å². The highest BCUT2D eigenvalue weighted by molar-refractivity contribution is 6.00. The minimum Gasteiger partial charge on any atom is -0.497 e. The van der Waals surface area contributed by atoms with Crippen molar-refractivity contribution in [1.82, 2.24) is 82.1 Å². The zero-order valence-corrected chi connectivity index (χ0v) is 67.3. The number of nitrogens with zero attached hydrogens (tertiary/aromatic N) is 7. The fraction of sp³-hybridized carbons (Fsp3) is 0.518. The zero-order valence-electron chi connectivity index (χ0n) is 67.3. The van der Waals surface area contributed by atoms with E-state index in [-0.39, 0.29) is 90.3 Å². The van der Waals surface area contributed by atoms with Gasteiger partial charge in [-0.05, 0) is 144 Å². The molecule has 0 aliphatic carbocycles. The van der Waals surface area contributed by atoms with Crippen LogP contribution in [-0.2, 0) is 125 Å². The molecule has 33 nitrogen and oxygen atoms in total. The van der Waals surface area contributed by atoms with E-state index < -0.39 is 156 Å². The molecule has 6 aliphatic heterocycles. The van der Waals surface area contributed by atoms with Gasteiger partial charge in [-0.2, -0.15) is 0 Å². The van der Waals surface area contributed by atoms with E-state index in [1.807, 2.05) is 28.8 Å². The number of fused-ring (bicyclic) bond motifs is 16. The first-order chi connectivity index (χ1) is 56.0. The lowest BCUT2D eigenvalue weighted by Gasteiger charge is -2.37. The first-order valence-electron chi connectivity index (χ1n) is 40.1. The van der Waals surface area contributed by atoms with Gasteiger partial charge in [0.15, 0.2) is 0 Å². The molecule has 12 bridgehead atoms. The number of amides is 12. The molecular weight excluding hydrogens is 1510 g/mol. The van der Waals surface area contributed by atoms with Crippen LogP contribution in [0.3, 0.4) is 0 Å². The summed E-state index contributed by atoms with van der Waals surface area (Å²) >= 11 is 0. The summed E-state index contributed by atoms with van der Waals surface area (Å²) in [6, 6.07) is 13.9. The van der Waals surface area contributed by atoms with E-state index in [0.29, 0.717) is 103 Å². The molecule has 1 unspecified atom stereocenters. The molecule has 2 saturated heterocycles. The quantitative estimate of drug-likeness (QED) is 0.0890. The Bertz CT molecular complexity index is 4590. The maximum atomic E-state index is 16.5. The summed E-state index contributed by atoms with van der Waals surface area (Å²) in [6.07, 6.45) is 1.65. The van der Waals surface area contributed by atoms with Crippen LogP contribution in [0.5, 0.6) is 5.75 Å². The molecule has 2 aromatic heterocycles. The van der Waals surface area contributed by atoms with E-state index in [1.54, 1.807) is 99.6 Å². The molecule has 628 valence electrons. The van der Waals surface area contributed by atoms with Crippen molar-refractivity contribution in [3.05, 3.63) is 148 Å². The van der Waals surface area contributed by atoms with E-state index in [4.69, 9.17) is 24.7 Å². The maximum Gasteiger partial charge on any atom is 0.407 e. The monoisotopic (exact) mass is 1620 g/mol. The molecule has 34 heteroatoms. The number of nitrogens with one attached hydrogen (secondary N) is 9. The zero-order chi connectivity index (χ0) is 83.7. The Morgan fingerprint density at radius 3 is 2.21 bits per heavy atom. The number of methoxy groups -OCH3 is 1. The number of ether oxygens (including phenoxy) is 4. The van der Waals surface area contributed by atoms with Crippen LogP contribution < -0.4 is 58.3 Å². The van der Waals surface area contributed by atoms with Crippen molar-refractivity contribution in [2.75, 3.05) is 53.0 Å². The summed E-state index contributed by atoms with van der Waals surface area (Å²) in [5.74, 6) is -8.66. The van der Waals surface area contributed by atoms with Crippen LogP contribution in [0, 0.1) is 5.82 Å². The molecule has 4 aromatic carbocycles. The molecule has 12 amide bonds. The molecule has 6 aromatic rings. The number of alkyl carbamates (subject to hydrolysis) is 1. The van der Waals surface area contributed by atoms with E-state index in [9.17, 15) is 28.8 Å². The fourth-order valence-electron chi connectivity index (χ4n) is 15.4. The second-order valence-electron chi connectivity index (χ2n) is 31.8. The average Bonchev–Trinajstić information content (AvgIpc) is 1.67. The van der Waals surface area contributed by atoms with E-state index in [0.717, 1.165) is 16.0 Å². The van der Waals surface area contributed by atoms with Crippen LogP contribution in [-0.4, -0.2) is 224 Å². The summed E-state index contributed by atoms with van der Waals surface area (Å²) in [5, 5.41) is 33.9. The van der Waals surface area contributed by atoms with Gasteiger partial charge in [0.2, 0.25) is 65.0 Å². The maximum absolute atomic E-state index is 16.5. The van der Waals surface area contributed by atoms with Crippen molar-refractivity contribution in [3.63, 3.8) is 0 Å². The Morgan fingerprint density at radius 2 is 1.45 bits per heavy atom. The fourth-order valence-corrected chi connectivity index (χ4v) is 15.4. The summed E-state index contributed by atoms with van der Waals surface area (Å²) in [7, 11) is 1.50. The van der Waals surface area contributed by atoms with Gasteiger partial charge in [-0.15, -0.1) is 5.10 Å². The number of rotatable bonds is 11. The highest BCUT2D eigenvalue weighted by atomic mass is 19.1. The summed E-state index contributed by atoms with van der Waals surface area (Å²) in [5.41, 5.74) is 7.79. The van der Waals surface area contributed by atoms with Gasteiger partial charge in [0.05, 0.1) is 45.2 Å². The minimum atomic E-state index is -1.75. The third-order valence-electron chi connectivity index (χ3n) is 21.8. The molecule has 2 fully saturated rings. The first-order valence-corrected chi connectivity index (χ1v) is 40.1. The predicted molar refractivity (Wildman–Crippen MR) is 425 cm³/mol. The first kappa shape index (κ1) is 86.5. The summed E-state index contributed by atoms with van der Waals surface area (Å²) in [4.78, 5) is 185. The number of aromatic nitrogens is 4. The summed E-state index contributed by atoms with van der Waals surface area (Å²) in [6.45, 7) is 9.11. The second-order valence-corrected chi connectivity index (χ2v) is 31.8. The molecular formula is C83H108FN17O16. The topological polar surface area (TPSA) is 421 Å². The lowest BCUT2D eigenvalue weighted by molar-refractivity contribution is -0.148. The SMILES string of the molecule is COc1ccc(C[C@@H]2NC(=O)C([C@@H](C)OCc3cn(CCN)nn3)NC(=O)[C@@H]3[C@@H]4CCN3C(=O)[C@@H]3Cc5cn(c6ccc(F)cc56)CCCCCCN(Cc5ccc(cc5)CCNC(=O)[C@]5(C)CCCN5C2=O)C(=O)CCC(=O)N[C@@H](C)C(=O)N[C@H](CNC(=O)OC(C)(C)C)C(=O)N[C@@H](Cc2cccc(c2)CNC(=O)CO4)C(=O)N3)cc1. The Labute approximate surface area is 678 Å². The lowest BCUT2D eigenvalue weighted by Crippen LogP contribution is -2.64. The minimum absolute atomic E-state index is 0.0956. The van der Waals surface area contributed by atoms with Gasteiger partial charge in [0.25, 0.3) is 0 Å². The van der Waals surface area contributed by atoms with Gasteiger partial charge in [0.1, 0.15) is 77.3 Å². The van der Waals surface area contributed by atoms with Crippen molar-refractivity contribution < 1.29 is 80.9 Å². The van der Waals surface area contributed by atoms with E-state index >= 15 is 33.2 Å². The van der Waals surface area contributed by atoms with Crippen molar-refractivity contribution in [3.8, 4) is 5.75 Å². The second kappa shape index (κ2) is 39.5. The van der Waals surface area contributed by atoms with Crippen molar-refractivity contribution in [2.45, 2.75) is 223 Å². The smallest absolute Gasteiger partial charge is 0.407 e. The summed E-state index contributed by atoms with van der Waals surface area (Å²) < 4.78 is 43.1. The molecule has 8 heterocycles. The molecule has 117 heavy (non-hydrogen) atoms. The number of hydrogen-bond acceptors (Lipinski definition) is 19. The third-order valence-corrected chi connectivity index (χ3v) is 21.8. The highest BCUT2D eigenvalue weighted by Crippen LogP contribution is 2.33. The van der Waals surface area contributed by atoms with Gasteiger partial charge in [-0.25, -0.2) is 9.18 Å². The largest absolute Gasteiger partial charge is 0.497 e. The molecule has 10 atom stereocenters. The molecule has 0 saturated carbocycles. The van der Waals surface area contributed by atoms with Crippen molar-refractivity contribution in [2.24, 2.45) is 5.73 Å². The van der Waals surface area contributed by atoms with Crippen LogP contribution in [0.15, 0.2) is 103 Å².